The number of benzene rings is 1. The molecule has 1 amide bonds. The summed E-state index contributed by atoms with van der Waals surface area (Å²) in [5.41, 5.74) is 1.01. The van der Waals surface area contributed by atoms with Crippen molar-refractivity contribution in [3.8, 4) is 11.3 Å². The van der Waals surface area contributed by atoms with Crippen LogP contribution in [0.1, 0.15) is 34.6 Å². The van der Waals surface area contributed by atoms with Gasteiger partial charge in [-0.05, 0) is 44.2 Å². The first kappa shape index (κ1) is 25.4. The molecule has 12 heteroatoms. The Hall–Kier alpha value is -3.70. The number of halogens is 2. The third-order valence-corrected chi connectivity index (χ3v) is 6.27. The molecular formula is C24H22ClFN4O5S. The number of nitrogens with one attached hydrogen (secondary N) is 2. The fourth-order valence-electron chi connectivity index (χ4n) is 3.87. The number of fused-ring (bicyclic) bond motifs is 1. The van der Waals surface area contributed by atoms with Crippen molar-refractivity contribution in [2.45, 2.75) is 19.9 Å². The van der Waals surface area contributed by atoms with Gasteiger partial charge in [-0.15, -0.1) is 0 Å². The van der Waals surface area contributed by atoms with Crippen molar-refractivity contribution < 1.29 is 22.0 Å². The second kappa shape index (κ2) is 9.40. The van der Waals surface area contributed by atoms with E-state index in [4.69, 9.17) is 16.0 Å². The number of hydrogen-bond donors (Lipinski definition) is 2. The average molecular weight is 533 g/mol. The quantitative estimate of drug-likeness (QED) is 0.357. The Morgan fingerprint density at radius 2 is 1.97 bits per heavy atom. The van der Waals surface area contributed by atoms with E-state index in [1.54, 1.807) is 26.1 Å². The normalized spacial score (nSPS) is 12.5. The van der Waals surface area contributed by atoms with Crippen LogP contribution >= 0.6 is 11.6 Å². The topological polar surface area (TPSA) is 123 Å². The van der Waals surface area contributed by atoms with Gasteiger partial charge < -0.3 is 14.3 Å². The highest BCUT2D eigenvalue weighted by atomic mass is 35.5. The molecule has 3 aromatic heterocycles. The Morgan fingerprint density at radius 1 is 1.25 bits per heavy atom. The van der Waals surface area contributed by atoms with Crippen LogP contribution in [0.2, 0.25) is 5.15 Å². The first-order valence-electron chi connectivity index (χ1n) is 10.7. The van der Waals surface area contributed by atoms with Crippen molar-refractivity contribution in [1.29, 1.82) is 0 Å². The summed E-state index contributed by atoms with van der Waals surface area (Å²) in [7, 11) is -2.03. The summed E-state index contributed by atoms with van der Waals surface area (Å²) in [4.78, 5) is 29.6. The second-order valence-electron chi connectivity index (χ2n) is 8.42. The van der Waals surface area contributed by atoms with Crippen LogP contribution in [0, 0.1) is 12.7 Å². The molecule has 1 atom stereocenters. The molecule has 4 aromatic rings. The van der Waals surface area contributed by atoms with E-state index < -0.39 is 27.8 Å². The maximum atomic E-state index is 14.6. The van der Waals surface area contributed by atoms with Gasteiger partial charge in [0.05, 0.1) is 23.4 Å². The molecule has 0 saturated heterocycles. The van der Waals surface area contributed by atoms with Gasteiger partial charge in [0.1, 0.15) is 22.3 Å². The van der Waals surface area contributed by atoms with Gasteiger partial charge in [0.2, 0.25) is 10.0 Å². The van der Waals surface area contributed by atoms with E-state index in [9.17, 15) is 22.4 Å². The smallest absolute Gasteiger partial charge is 0.285 e. The number of rotatable bonds is 6. The molecule has 0 bridgehead atoms. The van der Waals surface area contributed by atoms with Crippen LogP contribution in [-0.4, -0.2) is 30.1 Å². The molecular weight excluding hydrogens is 511 g/mol. The molecule has 2 N–H and O–H groups in total. The summed E-state index contributed by atoms with van der Waals surface area (Å²) in [5, 5.41) is 3.07. The fraction of sp³-hybridized carbons (Fsp3) is 0.208. The summed E-state index contributed by atoms with van der Waals surface area (Å²) in [6.07, 6.45) is 4.44. The SMILES string of the molecule is Cc1c(-c2ccn(C)c2)oc2c(C(C)Nc3ccc(Cl)nc3C(=O)NS(C)(=O)=O)cc(F)cc2c1=O. The predicted molar refractivity (Wildman–Crippen MR) is 135 cm³/mol. The van der Waals surface area contributed by atoms with Crippen LogP contribution in [0.25, 0.3) is 22.3 Å². The Bertz CT molecular complexity index is 1680. The Labute approximate surface area is 211 Å². The van der Waals surface area contributed by atoms with Crippen LogP contribution in [0.5, 0.6) is 0 Å². The number of hydrogen-bond acceptors (Lipinski definition) is 7. The van der Waals surface area contributed by atoms with E-state index in [1.807, 2.05) is 22.5 Å². The monoisotopic (exact) mass is 532 g/mol. The first-order chi connectivity index (χ1) is 16.8. The van der Waals surface area contributed by atoms with Gasteiger partial charge in [-0.3, -0.25) is 9.59 Å². The number of nitrogens with zero attached hydrogens (tertiary/aromatic N) is 2. The van der Waals surface area contributed by atoms with Crippen molar-refractivity contribution in [2.75, 3.05) is 11.6 Å². The highest BCUT2D eigenvalue weighted by molar-refractivity contribution is 7.89. The van der Waals surface area contributed by atoms with Crippen molar-refractivity contribution in [3.63, 3.8) is 0 Å². The van der Waals surface area contributed by atoms with Gasteiger partial charge >= 0.3 is 0 Å². The first-order valence-corrected chi connectivity index (χ1v) is 13.0. The molecule has 1 aromatic carbocycles. The fourth-order valence-corrected chi connectivity index (χ4v) is 4.45. The van der Waals surface area contributed by atoms with E-state index >= 15 is 0 Å². The lowest BCUT2D eigenvalue weighted by molar-refractivity contribution is 0.0977. The molecule has 1 unspecified atom stereocenters. The van der Waals surface area contributed by atoms with Crippen LogP contribution in [0.15, 0.2) is 51.9 Å². The minimum atomic E-state index is -3.87. The molecule has 3 heterocycles. The number of aromatic nitrogens is 2. The van der Waals surface area contributed by atoms with Gasteiger partial charge in [0, 0.05) is 36.1 Å². The van der Waals surface area contributed by atoms with Crippen LogP contribution in [0.4, 0.5) is 10.1 Å². The number of pyridine rings is 1. The lowest BCUT2D eigenvalue weighted by Gasteiger charge is -2.19. The third-order valence-electron chi connectivity index (χ3n) is 5.50. The molecule has 0 spiro atoms. The molecule has 0 aliphatic rings. The average Bonchev–Trinajstić information content (AvgIpc) is 3.22. The Balaban J connectivity index is 1.83. The number of carbonyl (C=O) groups excluding carboxylic acids is 1. The van der Waals surface area contributed by atoms with E-state index in [0.717, 1.165) is 12.3 Å². The molecule has 9 nitrogen and oxygen atoms in total. The van der Waals surface area contributed by atoms with Crippen molar-refractivity contribution >= 4 is 44.2 Å². The summed E-state index contributed by atoms with van der Waals surface area (Å²) < 4.78 is 47.5. The third kappa shape index (κ3) is 5.12. The zero-order chi connectivity index (χ0) is 26.4. The highest BCUT2D eigenvalue weighted by Crippen LogP contribution is 2.32. The van der Waals surface area contributed by atoms with E-state index in [0.29, 0.717) is 22.5 Å². The van der Waals surface area contributed by atoms with Gasteiger partial charge in [-0.25, -0.2) is 22.5 Å². The largest absolute Gasteiger partial charge is 0.455 e. The zero-order valence-corrected chi connectivity index (χ0v) is 21.3. The number of aryl methyl sites for hydroxylation is 1. The van der Waals surface area contributed by atoms with Gasteiger partial charge in [0.25, 0.3) is 5.91 Å². The van der Waals surface area contributed by atoms with E-state index in [-0.39, 0.29) is 32.9 Å². The molecule has 188 valence electrons. The molecule has 0 radical (unpaired) electrons. The number of carbonyl (C=O) groups is 1. The van der Waals surface area contributed by atoms with Crippen molar-refractivity contribution in [2.24, 2.45) is 7.05 Å². The maximum Gasteiger partial charge on any atom is 0.285 e. The van der Waals surface area contributed by atoms with Gasteiger partial charge in [0.15, 0.2) is 11.1 Å². The lowest BCUT2D eigenvalue weighted by atomic mass is 10.0. The molecule has 0 saturated carbocycles. The number of amides is 1. The summed E-state index contributed by atoms with van der Waals surface area (Å²) in [6, 6.07) is 6.30. The summed E-state index contributed by atoms with van der Waals surface area (Å²) in [6.45, 7) is 3.29. The highest BCUT2D eigenvalue weighted by Gasteiger charge is 2.23. The van der Waals surface area contributed by atoms with Crippen LogP contribution < -0.4 is 15.5 Å². The molecule has 4 rings (SSSR count). The standard InChI is InChI=1S/C24H22ClFN4O5S/c1-12-21(31)17-10-15(26)9-16(23(17)35-22(12)14-7-8-30(3)11-14)13(2)27-18-5-6-19(25)28-20(18)24(32)29-36(4,33)34/h5-11,13,27H,1-4H3,(H,29,32). The number of sulfonamides is 1. The van der Waals surface area contributed by atoms with E-state index in [2.05, 4.69) is 10.3 Å². The zero-order valence-electron chi connectivity index (χ0n) is 19.7. The molecule has 0 fully saturated rings. The van der Waals surface area contributed by atoms with Gasteiger partial charge in [-0.1, -0.05) is 11.6 Å². The minimum Gasteiger partial charge on any atom is -0.455 e. The number of anilines is 1. The lowest BCUT2D eigenvalue weighted by Crippen LogP contribution is -2.31. The molecule has 36 heavy (non-hydrogen) atoms. The van der Waals surface area contributed by atoms with Crippen LogP contribution in [-0.2, 0) is 17.1 Å². The summed E-state index contributed by atoms with van der Waals surface area (Å²) >= 11 is 5.92. The summed E-state index contributed by atoms with van der Waals surface area (Å²) in [5.74, 6) is -1.28. The second-order valence-corrected chi connectivity index (χ2v) is 10.6. The molecule has 0 aliphatic heterocycles. The molecule has 0 aliphatic carbocycles. The Morgan fingerprint density at radius 3 is 2.61 bits per heavy atom. The predicted octanol–water partition coefficient (Wildman–Crippen LogP) is 4.16. The van der Waals surface area contributed by atoms with Crippen molar-refractivity contribution in [3.05, 3.63) is 80.7 Å². The Kier molecular flexibility index (Phi) is 6.63. The van der Waals surface area contributed by atoms with E-state index in [1.165, 1.54) is 18.2 Å². The van der Waals surface area contributed by atoms with Crippen LogP contribution in [0.3, 0.4) is 0 Å². The van der Waals surface area contributed by atoms with Gasteiger partial charge in [-0.2, -0.15) is 0 Å². The maximum absolute atomic E-state index is 14.6. The minimum absolute atomic E-state index is 0.0305. The van der Waals surface area contributed by atoms with Crippen molar-refractivity contribution in [1.82, 2.24) is 14.3 Å².